The fourth-order valence-corrected chi connectivity index (χ4v) is 5.07. The Hall–Kier alpha value is -2.42. The van der Waals surface area contributed by atoms with Crippen LogP contribution in [0.15, 0.2) is 53.4 Å². The highest BCUT2D eigenvalue weighted by Crippen LogP contribution is 2.26. The SMILES string of the molecule is CCOC(=O)c1cc(NC(=O)[C@@H]2CCCN(S(=O)(=O)c3ccccc3)C2)ccc1Cl. The monoisotopic (exact) mass is 450 g/mol. The fourth-order valence-electron chi connectivity index (χ4n) is 3.33. The second-order valence-electron chi connectivity index (χ2n) is 6.92. The number of rotatable bonds is 6. The maximum Gasteiger partial charge on any atom is 0.339 e. The van der Waals surface area contributed by atoms with E-state index in [1.54, 1.807) is 43.3 Å². The Bertz CT molecular complexity index is 1030. The van der Waals surface area contributed by atoms with E-state index in [4.69, 9.17) is 16.3 Å². The molecular formula is C21H23ClN2O5S. The average Bonchev–Trinajstić information content (AvgIpc) is 2.76. The van der Waals surface area contributed by atoms with Gasteiger partial charge in [-0.25, -0.2) is 13.2 Å². The molecule has 0 radical (unpaired) electrons. The summed E-state index contributed by atoms with van der Waals surface area (Å²) < 4.78 is 32.0. The molecule has 0 aromatic heterocycles. The predicted molar refractivity (Wildman–Crippen MR) is 114 cm³/mol. The van der Waals surface area contributed by atoms with Crippen molar-refractivity contribution in [3.05, 3.63) is 59.1 Å². The molecule has 2 aromatic rings. The second-order valence-corrected chi connectivity index (χ2v) is 9.26. The Morgan fingerprint density at radius 3 is 2.63 bits per heavy atom. The third-order valence-corrected chi connectivity index (χ3v) is 7.07. The highest BCUT2D eigenvalue weighted by molar-refractivity contribution is 7.89. The Morgan fingerprint density at radius 2 is 1.93 bits per heavy atom. The summed E-state index contributed by atoms with van der Waals surface area (Å²) in [6.07, 6.45) is 1.16. The lowest BCUT2D eigenvalue weighted by molar-refractivity contribution is -0.120. The van der Waals surface area contributed by atoms with Crippen LogP contribution in [0.1, 0.15) is 30.1 Å². The number of nitrogens with zero attached hydrogens (tertiary/aromatic N) is 1. The zero-order valence-electron chi connectivity index (χ0n) is 16.5. The lowest BCUT2D eigenvalue weighted by Gasteiger charge is -2.31. The van der Waals surface area contributed by atoms with Gasteiger partial charge in [0.25, 0.3) is 0 Å². The molecule has 0 bridgehead atoms. The van der Waals surface area contributed by atoms with Crippen LogP contribution in [-0.2, 0) is 19.6 Å². The van der Waals surface area contributed by atoms with Gasteiger partial charge in [0.15, 0.2) is 0 Å². The normalized spacial score (nSPS) is 17.3. The van der Waals surface area contributed by atoms with E-state index < -0.39 is 21.9 Å². The highest BCUT2D eigenvalue weighted by Gasteiger charge is 2.33. The molecule has 1 aliphatic rings. The Labute approximate surface area is 181 Å². The molecule has 0 unspecified atom stereocenters. The molecule has 3 rings (SSSR count). The van der Waals surface area contributed by atoms with Crippen LogP contribution in [0.2, 0.25) is 5.02 Å². The third-order valence-electron chi connectivity index (χ3n) is 4.87. The van der Waals surface area contributed by atoms with Gasteiger partial charge in [-0.15, -0.1) is 0 Å². The fraction of sp³-hybridized carbons (Fsp3) is 0.333. The topological polar surface area (TPSA) is 92.8 Å². The number of anilines is 1. The van der Waals surface area contributed by atoms with Crippen LogP contribution in [0, 0.1) is 5.92 Å². The Morgan fingerprint density at radius 1 is 1.20 bits per heavy atom. The summed E-state index contributed by atoms with van der Waals surface area (Å²) >= 11 is 6.05. The highest BCUT2D eigenvalue weighted by atomic mass is 35.5. The number of sulfonamides is 1. The van der Waals surface area contributed by atoms with E-state index in [1.807, 2.05) is 0 Å². The second kappa shape index (κ2) is 9.59. The van der Waals surface area contributed by atoms with E-state index in [-0.39, 0.29) is 34.5 Å². The first-order chi connectivity index (χ1) is 14.3. The number of piperidine rings is 1. The number of nitrogens with one attached hydrogen (secondary N) is 1. The minimum absolute atomic E-state index is 0.0986. The average molecular weight is 451 g/mol. The van der Waals surface area contributed by atoms with Crippen LogP contribution in [0.4, 0.5) is 5.69 Å². The maximum atomic E-state index is 12.9. The maximum absolute atomic E-state index is 12.9. The minimum Gasteiger partial charge on any atom is -0.462 e. The number of amides is 1. The van der Waals surface area contributed by atoms with Gasteiger partial charge < -0.3 is 10.1 Å². The lowest BCUT2D eigenvalue weighted by atomic mass is 9.98. The van der Waals surface area contributed by atoms with Crippen LogP contribution in [0.5, 0.6) is 0 Å². The van der Waals surface area contributed by atoms with Gasteiger partial charge in [0.05, 0.1) is 28.0 Å². The molecule has 1 amide bonds. The molecule has 7 nitrogen and oxygen atoms in total. The Balaban J connectivity index is 1.72. The van der Waals surface area contributed by atoms with Crippen molar-refractivity contribution >= 4 is 39.2 Å². The zero-order chi connectivity index (χ0) is 21.7. The van der Waals surface area contributed by atoms with Crippen molar-refractivity contribution in [2.45, 2.75) is 24.7 Å². The molecule has 1 saturated heterocycles. The summed E-state index contributed by atoms with van der Waals surface area (Å²) in [5, 5.41) is 2.99. The lowest BCUT2D eigenvalue weighted by Crippen LogP contribution is -2.43. The molecule has 2 aromatic carbocycles. The van der Waals surface area contributed by atoms with E-state index in [9.17, 15) is 18.0 Å². The van der Waals surface area contributed by atoms with Gasteiger partial charge in [-0.2, -0.15) is 4.31 Å². The standard InChI is InChI=1S/C21H23ClN2O5S/c1-2-29-21(26)18-13-16(10-11-19(18)22)23-20(25)15-7-6-12-24(14-15)30(27,28)17-8-4-3-5-9-17/h3-5,8-11,13,15H,2,6-7,12,14H2,1H3,(H,23,25)/t15-/m1/s1. The number of ether oxygens (including phenoxy) is 1. The van der Waals surface area contributed by atoms with Crippen LogP contribution in [-0.4, -0.2) is 44.3 Å². The molecule has 0 aliphatic carbocycles. The molecule has 1 aliphatic heterocycles. The molecule has 1 atom stereocenters. The van der Waals surface area contributed by atoms with Crippen molar-refractivity contribution in [2.24, 2.45) is 5.92 Å². The molecule has 30 heavy (non-hydrogen) atoms. The van der Waals surface area contributed by atoms with Crippen LogP contribution in [0.3, 0.4) is 0 Å². The van der Waals surface area contributed by atoms with Gasteiger partial charge in [-0.3, -0.25) is 4.79 Å². The molecule has 1 N–H and O–H groups in total. The van der Waals surface area contributed by atoms with E-state index in [2.05, 4.69) is 5.32 Å². The summed E-state index contributed by atoms with van der Waals surface area (Å²) in [5.41, 5.74) is 0.559. The quantitative estimate of drug-likeness (QED) is 0.679. The molecular weight excluding hydrogens is 428 g/mol. The summed E-state index contributed by atoms with van der Waals surface area (Å²) in [7, 11) is -3.66. The predicted octanol–water partition coefficient (Wildman–Crippen LogP) is 3.56. The molecule has 1 fully saturated rings. The first-order valence-electron chi connectivity index (χ1n) is 9.65. The molecule has 0 saturated carbocycles. The van der Waals surface area contributed by atoms with Gasteiger partial charge >= 0.3 is 5.97 Å². The Kier molecular flexibility index (Phi) is 7.12. The van der Waals surface area contributed by atoms with Crippen LogP contribution in [0.25, 0.3) is 0 Å². The zero-order valence-corrected chi connectivity index (χ0v) is 18.1. The third kappa shape index (κ3) is 5.00. The van der Waals surface area contributed by atoms with Crippen molar-refractivity contribution in [2.75, 3.05) is 25.0 Å². The van der Waals surface area contributed by atoms with Gasteiger partial charge in [-0.05, 0) is 50.1 Å². The number of halogens is 1. The molecule has 0 spiro atoms. The van der Waals surface area contributed by atoms with Gasteiger partial charge in [0.1, 0.15) is 0 Å². The number of esters is 1. The first kappa shape index (κ1) is 22.3. The van der Waals surface area contributed by atoms with E-state index >= 15 is 0 Å². The number of benzene rings is 2. The van der Waals surface area contributed by atoms with Gasteiger partial charge in [0.2, 0.25) is 15.9 Å². The summed E-state index contributed by atoms with van der Waals surface area (Å²) in [6.45, 7) is 2.37. The van der Waals surface area contributed by atoms with Gasteiger partial charge in [0, 0.05) is 18.8 Å². The molecule has 160 valence electrons. The van der Waals surface area contributed by atoms with Crippen molar-refractivity contribution in [3.63, 3.8) is 0 Å². The smallest absolute Gasteiger partial charge is 0.339 e. The number of carbonyl (C=O) groups is 2. The van der Waals surface area contributed by atoms with Gasteiger partial charge in [-0.1, -0.05) is 29.8 Å². The summed E-state index contributed by atoms with van der Waals surface area (Å²) in [5.74, 6) is -1.38. The van der Waals surface area contributed by atoms with Crippen molar-refractivity contribution < 1.29 is 22.7 Å². The number of hydrogen-bond acceptors (Lipinski definition) is 5. The van der Waals surface area contributed by atoms with Crippen LogP contribution >= 0.6 is 11.6 Å². The van der Waals surface area contributed by atoms with Crippen molar-refractivity contribution in [1.29, 1.82) is 0 Å². The largest absolute Gasteiger partial charge is 0.462 e. The van der Waals surface area contributed by atoms with Crippen molar-refractivity contribution in [3.8, 4) is 0 Å². The van der Waals surface area contributed by atoms with E-state index in [0.29, 0.717) is 25.1 Å². The number of hydrogen-bond donors (Lipinski definition) is 1. The van der Waals surface area contributed by atoms with Crippen LogP contribution < -0.4 is 5.32 Å². The number of carbonyl (C=O) groups excluding carboxylic acids is 2. The first-order valence-corrected chi connectivity index (χ1v) is 11.5. The van der Waals surface area contributed by atoms with Crippen molar-refractivity contribution in [1.82, 2.24) is 4.31 Å². The summed E-state index contributed by atoms with van der Waals surface area (Å²) in [4.78, 5) is 25.0. The minimum atomic E-state index is -3.66. The van der Waals surface area contributed by atoms with E-state index in [1.165, 1.54) is 16.4 Å². The summed E-state index contributed by atoms with van der Waals surface area (Å²) in [6, 6.07) is 12.7. The molecule has 1 heterocycles. The molecule has 9 heteroatoms. The van der Waals surface area contributed by atoms with E-state index in [0.717, 1.165) is 0 Å².